The Morgan fingerprint density at radius 3 is 2.63 bits per heavy atom. The second-order valence-electron chi connectivity index (χ2n) is 4.87. The normalized spacial score (nSPS) is 10.5. The van der Waals surface area contributed by atoms with Crippen molar-refractivity contribution in [1.29, 1.82) is 0 Å². The molecule has 0 radical (unpaired) electrons. The lowest BCUT2D eigenvalue weighted by Crippen LogP contribution is -2.15. The zero-order valence-electron chi connectivity index (χ0n) is 11.8. The summed E-state index contributed by atoms with van der Waals surface area (Å²) in [6.07, 6.45) is 0.361. The van der Waals surface area contributed by atoms with E-state index in [9.17, 15) is 4.79 Å². The van der Waals surface area contributed by atoms with Crippen LogP contribution in [0.25, 0.3) is 0 Å². The first-order valence-electron chi connectivity index (χ1n) is 6.33. The minimum atomic E-state index is -0.00944. The Balaban J connectivity index is 2.09. The van der Waals surface area contributed by atoms with Crippen LogP contribution in [0.5, 0.6) is 0 Å². The van der Waals surface area contributed by atoms with Crippen LogP contribution in [0.4, 0.5) is 5.69 Å². The Morgan fingerprint density at radius 2 is 2.05 bits per heavy atom. The predicted molar refractivity (Wildman–Crippen MR) is 76.2 cm³/mol. The molecule has 0 unspecified atom stereocenters. The molecule has 19 heavy (non-hydrogen) atoms. The van der Waals surface area contributed by atoms with E-state index < -0.39 is 0 Å². The van der Waals surface area contributed by atoms with Gasteiger partial charge in [-0.3, -0.25) is 9.48 Å². The maximum atomic E-state index is 12.1. The molecule has 1 amide bonds. The van der Waals surface area contributed by atoms with Crippen LogP contribution in [0, 0.1) is 20.8 Å². The lowest BCUT2D eigenvalue weighted by Gasteiger charge is -2.06. The molecule has 0 aliphatic rings. The summed E-state index contributed by atoms with van der Waals surface area (Å²) in [7, 11) is 1.89. The van der Waals surface area contributed by atoms with Crippen molar-refractivity contribution in [1.82, 2.24) is 9.78 Å². The number of aromatic nitrogens is 2. The van der Waals surface area contributed by atoms with E-state index in [2.05, 4.69) is 10.4 Å². The molecular formula is C15H19N3O. The third kappa shape index (κ3) is 3.02. The smallest absolute Gasteiger partial charge is 0.228 e. The van der Waals surface area contributed by atoms with Gasteiger partial charge < -0.3 is 5.32 Å². The maximum absolute atomic E-state index is 12.1. The molecule has 100 valence electrons. The predicted octanol–water partition coefficient (Wildman–Crippen LogP) is 2.53. The summed E-state index contributed by atoms with van der Waals surface area (Å²) in [6.45, 7) is 5.92. The Morgan fingerprint density at radius 1 is 1.32 bits per heavy atom. The molecule has 1 aromatic heterocycles. The highest BCUT2D eigenvalue weighted by atomic mass is 16.1. The lowest BCUT2D eigenvalue weighted by molar-refractivity contribution is -0.115. The van der Waals surface area contributed by atoms with Gasteiger partial charge in [-0.15, -0.1) is 0 Å². The van der Waals surface area contributed by atoms with E-state index in [4.69, 9.17) is 0 Å². The van der Waals surface area contributed by atoms with Gasteiger partial charge in [0.2, 0.25) is 5.91 Å². The maximum Gasteiger partial charge on any atom is 0.228 e. The molecular weight excluding hydrogens is 238 g/mol. The number of carbonyl (C=O) groups is 1. The highest BCUT2D eigenvalue weighted by Crippen LogP contribution is 2.14. The van der Waals surface area contributed by atoms with Crippen LogP contribution in [0.2, 0.25) is 0 Å². The van der Waals surface area contributed by atoms with Crippen LogP contribution in [0.15, 0.2) is 24.3 Å². The van der Waals surface area contributed by atoms with Gasteiger partial charge >= 0.3 is 0 Å². The van der Waals surface area contributed by atoms with Crippen LogP contribution in [-0.4, -0.2) is 15.7 Å². The Kier molecular flexibility index (Phi) is 3.69. The standard InChI is InChI=1S/C15H19N3O/c1-10-6-5-7-13(8-10)16-15(19)9-14-11(2)17-18(4)12(14)3/h5-8H,9H2,1-4H3,(H,16,19). The zero-order valence-corrected chi connectivity index (χ0v) is 11.8. The highest BCUT2D eigenvalue weighted by molar-refractivity contribution is 5.92. The van der Waals surface area contributed by atoms with Crippen molar-refractivity contribution < 1.29 is 4.79 Å². The van der Waals surface area contributed by atoms with Crippen molar-refractivity contribution in [2.45, 2.75) is 27.2 Å². The van der Waals surface area contributed by atoms with Crippen LogP contribution < -0.4 is 5.32 Å². The molecule has 0 spiro atoms. The average molecular weight is 257 g/mol. The number of nitrogens with one attached hydrogen (secondary N) is 1. The summed E-state index contributed by atoms with van der Waals surface area (Å²) >= 11 is 0. The number of carbonyl (C=O) groups excluding carboxylic acids is 1. The van der Waals surface area contributed by atoms with Gasteiger partial charge in [-0.25, -0.2) is 0 Å². The molecule has 1 aromatic carbocycles. The van der Waals surface area contributed by atoms with Crippen LogP contribution in [0.3, 0.4) is 0 Å². The van der Waals surface area contributed by atoms with Crippen LogP contribution in [-0.2, 0) is 18.3 Å². The van der Waals surface area contributed by atoms with Gasteiger partial charge in [-0.05, 0) is 38.5 Å². The van der Waals surface area contributed by atoms with E-state index >= 15 is 0 Å². The summed E-state index contributed by atoms with van der Waals surface area (Å²) in [5.41, 5.74) is 4.93. The number of nitrogens with zero attached hydrogens (tertiary/aromatic N) is 2. The second-order valence-corrected chi connectivity index (χ2v) is 4.87. The van der Waals surface area contributed by atoms with Crippen molar-refractivity contribution >= 4 is 11.6 Å². The number of benzene rings is 1. The van der Waals surface area contributed by atoms with Crippen molar-refractivity contribution in [3.8, 4) is 0 Å². The van der Waals surface area contributed by atoms with Gasteiger partial charge in [0, 0.05) is 24.0 Å². The number of anilines is 1. The van der Waals surface area contributed by atoms with Gasteiger partial charge in [-0.2, -0.15) is 5.10 Å². The largest absolute Gasteiger partial charge is 0.326 e. The fraction of sp³-hybridized carbons (Fsp3) is 0.333. The van der Waals surface area contributed by atoms with Gasteiger partial charge in [0.1, 0.15) is 0 Å². The topological polar surface area (TPSA) is 46.9 Å². The molecule has 0 bridgehead atoms. The van der Waals surface area contributed by atoms with Crippen LogP contribution >= 0.6 is 0 Å². The van der Waals surface area contributed by atoms with Crippen molar-refractivity contribution in [2.75, 3.05) is 5.32 Å². The van der Waals surface area contributed by atoms with Crippen molar-refractivity contribution in [2.24, 2.45) is 7.05 Å². The fourth-order valence-corrected chi connectivity index (χ4v) is 2.16. The molecule has 2 rings (SSSR count). The Labute approximate surface area is 113 Å². The summed E-state index contributed by atoms with van der Waals surface area (Å²) < 4.78 is 1.81. The van der Waals surface area contributed by atoms with E-state index in [-0.39, 0.29) is 5.91 Å². The molecule has 0 fully saturated rings. The minimum absolute atomic E-state index is 0.00944. The first kappa shape index (κ1) is 13.3. The molecule has 0 atom stereocenters. The molecule has 0 aliphatic heterocycles. The first-order chi connectivity index (χ1) is 8.97. The van der Waals surface area contributed by atoms with Gasteiger partial charge in [0.25, 0.3) is 0 Å². The summed E-state index contributed by atoms with van der Waals surface area (Å²) in [5, 5.41) is 7.24. The quantitative estimate of drug-likeness (QED) is 0.918. The third-order valence-corrected chi connectivity index (χ3v) is 3.30. The van der Waals surface area contributed by atoms with E-state index in [0.717, 1.165) is 28.2 Å². The summed E-state index contributed by atoms with van der Waals surface area (Å²) in [5.74, 6) is -0.00944. The molecule has 4 heteroatoms. The number of rotatable bonds is 3. The Bertz CT molecular complexity index is 614. The van der Waals surface area contributed by atoms with Gasteiger partial charge in [0.15, 0.2) is 0 Å². The van der Waals surface area contributed by atoms with Gasteiger partial charge in [0.05, 0.1) is 12.1 Å². The van der Waals surface area contributed by atoms with E-state index in [1.165, 1.54) is 0 Å². The molecule has 0 aliphatic carbocycles. The number of hydrogen-bond donors (Lipinski definition) is 1. The fourth-order valence-electron chi connectivity index (χ4n) is 2.16. The first-order valence-corrected chi connectivity index (χ1v) is 6.33. The van der Waals surface area contributed by atoms with E-state index in [1.807, 2.05) is 56.8 Å². The summed E-state index contributed by atoms with van der Waals surface area (Å²) in [6, 6.07) is 7.80. The number of hydrogen-bond acceptors (Lipinski definition) is 2. The molecule has 0 saturated carbocycles. The zero-order chi connectivity index (χ0) is 14.0. The van der Waals surface area contributed by atoms with Gasteiger partial charge in [-0.1, -0.05) is 12.1 Å². The minimum Gasteiger partial charge on any atom is -0.326 e. The molecule has 4 nitrogen and oxygen atoms in total. The highest BCUT2D eigenvalue weighted by Gasteiger charge is 2.13. The lowest BCUT2D eigenvalue weighted by atomic mass is 10.1. The molecule has 0 saturated heterocycles. The second kappa shape index (κ2) is 5.26. The molecule has 1 N–H and O–H groups in total. The third-order valence-electron chi connectivity index (χ3n) is 3.30. The number of aryl methyl sites for hydroxylation is 3. The Hall–Kier alpha value is -2.10. The van der Waals surface area contributed by atoms with Crippen LogP contribution in [0.1, 0.15) is 22.5 Å². The van der Waals surface area contributed by atoms with E-state index in [0.29, 0.717) is 6.42 Å². The summed E-state index contributed by atoms with van der Waals surface area (Å²) in [4.78, 5) is 12.1. The SMILES string of the molecule is Cc1cccc(NC(=O)Cc2c(C)nn(C)c2C)c1. The van der Waals surface area contributed by atoms with Crippen molar-refractivity contribution in [3.63, 3.8) is 0 Å². The number of amides is 1. The van der Waals surface area contributed by atoms with Crippen molar-refractivity contribution in [3.05, 3.63) is 46.8 Å². The van der Waals surface area contributed by atoms with E-state index in [1.54, 1.807) is 0 Å². The molecule has 1 heterocycles. The monoisotopic (exact) mass is 257 g/mol. The molecule has 2 aromatic rings. The average Bonchev–Trinajstić information content (AvgIpc) is 2.56.